The number of hydrogen-bond acceptors (Lipinski definition) is 13. The SMILES string of the molecule is CCC(C)OC(=O)CCN(CCO)CCC(=O)OCCC(C)OC(=O)CCN(CCO)CCC(=O)OCCOC. The van der Waals surface area contributed by atoms with Crippen molar-refractivity contribution in [3.05, 3.63) is 0 Å². The van der Waals surface area contributed by atoms with E-state index in [2.05, 4.69) is 0 Å². The number of carbonyl (C=O) groups is 4. The van der Waals surface area contributed by atoms with Gasteiger partial charge in [-0.15, -0.1) is 0 Å². The monoisotopic (exact) mass is 578 g/mol. The number of rotatable bonds is 25. The van der Waals surface area contributed by atoms with Crippen molar-refractivity contribution in [2.24, 2.45) is 0 Å². The maximum absolute atomic E-state index is 12.2. The van der Waals surface area contributed by atoms with Crippen LogP contribution in [0, 0.1) is 0 Å². The zero-order valence-electron chi connectivity index (χ0n) is 24.6. The Balaban J connectivity index is 4.22. The lowest BCUT2D eigenvalue weighted by Crippen LogP contribution is -2.33. The number of aliphatic hydroxyl groups is 2. The standard InChI is InChI=1S/C27H50N2O11/c1-5-22(2)39-26(34)8-13-28(15-17-30)11-6-24(32)37-19-10-23(3)40-27(35)9-14-29(16-18-31)12-7-25(33)38-21-20-36-4/h22-23,30-31H,5-21H2,1-4H3. The molecule has 0 saturated carbocycles. The molecule has 2 N–H and O–H groups in total. The molecule has 13 nitrogen and oxygen atoms in total. The van der Waals surface area contributed by atoms with E-state index in [9.17, 15) is 29.4 Å². The predicted octanol–water partition coefficient (Wildman–Crippen LogP) is 0.532. The van der Waals surface area contributed by atoms with E-state index in [0.29, 0.717) is 52.3 Å². The van der Waals surface area contributed by atoms with Crippen LogP contribution >= 0.6 is 0 Å². The Labute approximate surface area is 238 Å². The maximum Gasteiger partial charge on any atom is 0.307 e. The Morgan fingerprint density at radius 1 is 0.625 bits per heavy atom. The quantitative estimate of drug-likeness (QED) is 0.0878. The normalized spacial score (nSPS) is 12.7. The van der Waals surface area contributed by atoms with Crippen LogP contribution < -0.4 is 0 Å². The van der Waals surface area contributed by atoms with Gasteiger partial charge in [-0.3, -0.25) is 29.0 Å². The van der Waals surface area contributed by atoms with Crippen molar-refractivity contribution in [2.75, 3.05) is 79.4 Å². The zero-order valence-corrected chi connectivity index (χ0v) is 24.6. The van der Waals surface area contributed by atoms with Crippen LogP contribution in [0.4, 0.5) is 0 Å². The van der Waals surface area contributed by atoms with Crippen LogP contribution in [0.25, 0.3) is 0 Å². The third kappa shape index (κ3) is 21.5. The van der Waals surface area contributed by atoms with E-state index in [4.69, 9.17) is 23.7 Å². The van der Waals surface area contributed by atoms with Gasteiger partial charge < -0.3 is 33.9 Å². The van der Waals surface area contributed by atoms with E-state index in [-0.39, 0.29) is 70.2 Å². The first-order valence-corrected chi connectivity index (χ1v) is 14.0. The number of carbonyl (C=O) groups excluding carboxylic acids is 4. The molecule has 0 radical (unpaired) electrons. The fourth-order valence-electron chi connectivity index (χ4n) is 3.38. The van der Waals surface area contributed by atoms with Gasteiger partial charge in [-0.2, -0.15) is 0 Å². The van der Waals surface area contributed by atoms with Crippen LogP contribution in [0.2, 0.25) is 0 Å². The zero-order chi connectivity index (χ0) is 30.2. The minimum atomic E-state index is -0.468. The highest BCUT2D eigenvalue weighted by molar-refractivity contribution is 5.71. The highest BCUT2D eigenvalue weighted by atomic mass is 16.6. The lowest BCUT2D eigenvalue weighted by molar-refractivity contribution is -0.151. The lowest BCUT2D eigenvalue weighted by atomic mass is 10.3. The largest absolute Gasteiger partial charge is 0.465 e. The summed E-state index contributed by atoms with van der Waals surface area (Å²) in [5.74, 6) is -1.56. The summed E-state index contributed by atoms with van der Waals surface area (Å²) in [6, 6.07) is 0. The van der Waals surface area contributed by atoms with Crippen molar-refractivity contribution in [2.45, 2.75) is 71.5 Å². The fourth-order valence-corrected chi connectivity index (χ4v) is 3.38. The Hall–Kier alpha value is -2.32. The number of aliphatic hydroxyl groups excluding tert-OH is 2. The van der Waals surface area contributed by atoms with Gasteiger partial charge >= 0.3 is 23.9 Å². The topological polar surface area (TPSA) is 161 Å². The van der Waals surface area contributed by atoms with Gasteiger partial charge in [0.25, 0.3) is 0 Å². The van der Waals surface area contributed by atoms with Crippen LogP contribution in [0.3, 0.4) is 0 Å². The molecule has 0 rings (SSSR count). The number of hydrogen-bond donors (Lipinski definition) is 2. The molecule has 0 amide bonds. The molecule has 0 aromatic heterocycles. The molecule has 0 aromatic rings. The Bertz CT molecular complexity index is 708. The van der Waals surface area contributed by atoms with Gasteiger partial charge in [0.2, 0.25) is 0 Å². The second-order valence-electron chi connectivity index (χ2n) is 9.36. The van der Waals surface area contributed by atoms with Gasteiger partial charge in [0.15, 0.2) is 0 Å². The van der Waals surface area contributed by atoms with Gasteiger partial charge in [0.1, 0.15) is 12.7 Å². The summed E-state index contributed by atoms with van der Waals surface area (Å²) in [5, 5.41) is 18.5. The lowest BCUT2D eigenvalue weighted by Gasteiger charge is -2.21. The van der Waals surface area contributed by atoms with Crippen LogP contribution in [0.5, 0.6) is 0 Å². The second kappa shape index (κ2) is 24.5. The van der Waals surface area contributed by atoms with E-state index < -0.39 is 18.0 Å². The van der Waals surface area contributed by atoms with Crippen molar-refractivity contribution in [1.82, 2.24) is 9.80 Å². The maximum atomic E-state index is 12.2. The van der Waals surface area contributed by atoms with Crippen LogP contribution in [-0.4, -0.2) is 136 Å². The highest BCUT2D eigenvalue weighted by Crippen LogP contribution is 2.05. The summed E-state index contributed by atoms with van der Waals surface area (Å²) in [6.07, 6.45) is 0.908. The first-order chi connectivity index (χ1) is 19.1. The minimum Gasteiger partial charge on any atom is -0.465 e. The smallest absolute Gasteiger partial charge is 0.307 e. The van der Waals surface area contributed by atoms with Gasteiger partial charge in [-0.25, -0.2) is 0 Å². The van der Waals surface area contributed by atoms with Gasteiger partial charge in [0, 0.05) is 52.8 Å². The molecule has 0 aliphatic heterocycles. The van der Waals surface area contributed by atoms with E-state index in [1.807, 2.05) is 13.8 Å². The summed E-state index contributed by atoms with van der Waals surface area (Å²) >= 11 is 0. The predicted molar refractivity (Wildman–Crippen MR) is 145 cm³/mol. The van der Waals surface area contributed by atoms with Crippen molar-refractivity contribution in [1.29, 1.82) is 0 Å². The highest BCUT2D eigenvalue weighted by Gasteiger charge is 2.16. The minimum absolute atomic E-state index is 0.0778. The van der Waals surface area contributed by atoms with Gasteiger partial charge in [-0.1, -0.05) is 6.92 Å². The van der Waals surface area contributed by atoms with E-state index in [0.717, 1.165) is 6.42 Å². The van der Waals surface area contributed by atoms with Crippen LogP contribution in [0.1, 0.15) is 59.3 Å². The molecule has 13 heteroatoms. The average Bonchev–Trinajstić information content (AvgIpc) is 2.91. The summed E-state index contributed by atoms with van der Waals surface area (Å²) in [6.45, 7) is 7.79. The molecule has 0 bridgehead atoms. The van der Waals surface area contributed by atoms with Crippen molar-refractivity contribution >= 4 is 23.9 Å². The first-order valence-electron chi connectivity index (χ1n) is 14.0. The molecule has 0 heterocycles. The molecule has 234 valence electrons. The summed E-state index contributed by atoms with van der Waals surface area (Å²) in [4.78, 5) is 51.5. The summed E-state index contributed by atoms with van der Waals surface area (Å²) < 4.78 is 25.7. The number of esters is 4. The number of ether oxygens (including phenoxy) is 5. The fraction of sp³-hybridized carbons (Fsp3) is 0.852. The summed E-state index contributed by atoms with van der Waals surface area (Å²) in [7, 11) is 1.51. The molecule has 2 unspecified atom stereocenters. The van der Waals surface area contributed by atoms with Crippen LogP contribution in [0.15, 0.2) is 0 Å². The first kappa shape index (κ1) is 37.7. The van der Waals surface area contributed by atoms with Crippen LogP contribution in [-0.2, 0) is 42.9 Å². The van der Waals surface area contributed by atoms with Gasteiger partial charge in [0.05, 0.1) is 58.2 Å². The third-order valence-electron chi connectivity index (χ3n) is 5.94. The molecular weight excluding hydrogens is 528 g/mol. The van der Waals surface area contributed by atoms with E-state index >= 15 is 0 Å². The van der Waals surface area contributed by atoms with Crippen molar-refractivity contribution < 1.29 is 53.1 Å². The van der Waals surface area contributed by atoms with E-state index in [1.54, 1.807) is 16.7 Å². The second-order valence-corrected chi connectivity index (χ2v) is 9.36. The Morgan fingerprint density at radius 3 is 1.48 bits per heavy atom. The number of nitrogens with zero attached hydrogens (tertiary/aromatic N) is 2. The molecule has 0 aliphatic carbocycles. The molecular formula is C27H50N2O11. The molecule has 0 aliphatic rings. The molecule has 2 atom stereocenters. The van der Waals surface area contributed by atoms with E-state index in [1.165, 1.54) is 7.11 Å². The molecule has 0 spiro atoms. The van der Waals surface area contributed by atoms with Gasteiger partial charge in [-0.05, 0) is 20.3 Å². The Morgan fingerprint density at radius 2 is 1.05 bits per heavy atom. The molecule has 0 fully saturated rings. The third-order valence-corrected chi connectivity index (χ3v) is 5.94. The van der Waals surface area contributed by atoms with Crippen molar-refractivity contribution in [3.8, 4) is 0 Å². The summed E-state index contributed by atoms with van der Waals surface area (Å²) in [5.41, 5.74) is 0. The number of methoxy groups -OCH3 is 1. The van der Waals surface area contributed by atoms with Crippen molar-refractivity contribution in [3.63, 3.8) is 0 Å². The average molecular weight is 579 g/mol. The molecule has 40 heavy (non-hydrogen) atoms. The molecule has 0 aromatic carbocycles. The Kier molecular flexibility index (Phi) is 23.1. The molecule has 0 saturated heterocycles.